The first-order valence-corrected chi connectivity index (χ1v) is 8.60. The lowest BCUT2D eigenvalue weighted by molar-refractivity contribution is -0.0387. The average molecular weight is 332 g/mol. The molecule has 2 atom stereocenters. The fraction of sp³-hybridized carbons (Fsp3) is 0.412. The Morgan fingerprint density at radius 3 is 3.13 bits per heavy atom. The molecule has 0 saturated carbocycles. The summed E-state index contributed by atoms with van der Waals surface area (Å²) in [5.74, 6) is 0.699. The third-order valence-electron chi connectivity index (χ3n) is 3.82. The number of carbonyl (C=O) groups is 1. The summed E-state index contributed by atoms with van der Waals surface area (Å²) >= 11 is 1.54. The van der Waals surface area contributed by atoms with Gasteiger partial charge in [0.05, 0.1) is 30.0 Å². The van der Waals surface area contributed by atoms with Gasteiger partial charge in [-0.05, 0) is 32.0 Å². The van der Waals surface area contributed by atoms with Crippen LogP contribution in [0.5, 0.6) is 5.75 Å². The van der Waals surface area contributed by atoms with Gasteiger partial charge in [-0.15, -0.1) is 11.3 Å². The van der Waals surface area contributed by atoms with Crippen molar-refractivity contribution in [2.45, 2.75) is 32.6 Å². The van der Waals surface area contributed by atoms with E-state index in [0.717, 1.165) is 5.69 Å². The van der Waals surface area contributed by atoms with Gasteiger partial charge in [0.1, 0.15) is 12.4 Å². The molecule has 3 rings (SSSR count). The van der Waals surface area contributed by atoms with Crippen LogP contribution >= 0.6 is 11.3 Å². The molecule has 122 valence electrons. The molecule has 2 heterocycles. The third kappa shape index (κ3) is 3.89. The van der Waals surface area contributed by atoms with Crippen LogP contribution in [0.4, 0.5) is 0 Å². The van der Waals surface area contributed by atoms with E-state index in [2.05, 4.69) is 4.98 Å². The maximum absolute atomic E-state index is 12.7. The normalized spacial score (nSPS) is 21.2. The number of hydrogen-bond donors (Lipinski definition) is 0. The van der Waals surface area contributed by atoms with E-state index in [9.17, 15) is 4.79 Å². The number of rotatable bonds is 4. The van der Waals surface area contributed by atoms with E-state index in [1.165, 1.54) is 11.3 Å². The maximum Gasteiger partial charge on any atom is 0.254 e. The number of thiazole rings is 1. The first kappa shape index (κ1) is 16.0. The van der Waals surface area contributed by atoms with Crippen LogP contribution in [0, 0.1) is 0 Å². The van der Waals surface area contributed by atoms with E-state index in [4.69, 9.17) is 9.47 Å². The zero-order valence-electron chi connectivity index (χ0n) is 13.3. The van der Waals surface area contributed by atoms with Gasteiger partial charge < -0.3 is 14.4 Å². The molecule has 1 saturated heterocycles. The molecule has 0 unspecified atom stereocenters. The summed E-state index contributed by atoms with van der Waals surface area (Å²) in [6.45, 7) is 5.59. The van der Waals surface area contributed by atoms with Gasteiger partial charge in [0.25, 0.3) is 5.91 Å². The average Bonchev–Trinajstić information content (AvgIpc) is 3.08. The largest absolute Gasteiger partial charge is 0.487 e. The molecule has 1 amide bonds. The van der Waals surface area contributed by atoms with Crippen LogP contribution < -0.4 is 4.74 Å². The predicted molar refractivity (Wildman–Crippen MR) is 88.8 cm³/mol. The summed E-state index contributed by atoms with van der Waals surface area (Å²) in [7, 11) is 0. The number of nitrogens with zero attached hydrogens (tertiary/aromatic N) is 2. The van der Waals surface area contributed by atoms with Crippen molar-refractivity contribution in [2.24, 2.45) is 0 Å². The highest BCUT2D eigenvalue weighted by atomic mass is 32.1. The fourth-order valence-corrected chi connectivity index (χ4v) is 3.08. The van der Waals surface area contributed by atoms with Crippen LogP contribution in [0.3, 0.4) is 0 Å². The minimum Gasteiger partial charge on any atom is -0.487 e. The molecule has 0 aliphatic carbocycles. The summed E-state index contributed by atoms with van der Waals surface area (Å²) in [5, 5.41) is 1.95. The van der Waals surface area contributed by atoms with E-state index in [-0.39, 0.29) is 18.1 Å². The van der Waals surface area contributed by atoms with Crippen molar-refractivity contribution in [1.29, 1.82) is 0 Å². The minimum absolute atomic E-state index is 0.0201. The van der Waals surface area contributed by atoms with Crippen molar-refractivity contribution < 1.29 is 14.3 Å². The van der Waals surface area contributed by atoms with Gasteiger partial charge in [0.2, 0.25) is 0 Å². The Balaban J connectivity index is 1.69. The highest BCUT2D eigenvalue weighted by Crippen LogP contribution is 2.20. The maximum atomic E-state index is 12.7. The van der Waals surface area contributed by atoms with E-state index in [1.807, 2.05) is 42.3 Å². The Labute approximate surface area is 139 Å². The number of ether oxygens (including phenoxy) is 2. The van der Waals surface area contributed by atoms with Gasteiger partial charge in [0, 0.05) is 17.5 Å². The van der Waals surface area contributed by atoms with Crippen molar-refractivity contribution in [1.82, 2.24) is 9.88 Å². The van der Waals surface area contributed by atoms with Crippen molar-refractivity contribution in [3.63, 3.8) is 0 Å². The number of carbonyl (C=O) groups excluding carboxylic acids is 1. The SMILES string of the molecule is C[C@@H]1CO[C@@H](C)CN1C(=O)c1cccc(OCc2cscn2)c1. The molecule has 2 aromatic rings. The molecule has 6 heteroatoms. The van der Waals surface area contributed by atoms with Crippen molar-refractivity contribution in [3.05, 3.63) is 46.4 Å². The van der Waals surface area contributed by atoms with E-state index in [1.54, 1.807) is 11.6 Å². The Morgan fingerprint density at radius 1 is 1.48 bits per heavy atom. The smallest absolute Gasteiger partial charge is 0.254 e. The van der Waals surface area contributed by atoms with Gasteiger partial charge in [-0.2, -0.15) is 0 Å². The summed E-state index contributed by atoms with van der Waals surface area (Å²) in [6, 6.07) is 7.40. The standard InChI is InChI=1S/C17H20N2O3S/c1-12-8-21-13(2)7-19(12)17(20)14-4-3-5-16(6-14)22-9-15-10-23-11-18-15/h3-6,10-13H,7-9H2,1-2H3/t12-,13+/m1/s1. The highest BCUT2D eigenvalue weighted by molar-refractivity contribution is 7.07. The molecule has 0 radical (unpaired) electrons. The summed E-state index contributed by atoms with van der Waals surface area (Å²) in [6.07, 6.45) is 0.0687. The minimum atomic E-state index is 0.0201. The molecule has 0 N–H and O–H groups in total. The topological polar surface area (TPSA) is 51.7 Å². The molecule has 1 aliphatic heterocycles. The molecule has 1 fully saturated rings. The van der Waals surface area contributed by atoms with E-state index in [0.29, 0.717) is 31.1 Å². The second-order valence-corrected chi connectivity index (χ2v) is 6.47. The molecule has 23 heavy (non-hydrogen) atoms. The molecule has 0 spiro atoms. The van der Waals surface area contributed by atoms with E-state index >= 15 is 0 Å². The Bertz CT molecular complexity index is 660. The zero-order chi connectivity index (χ0) is 16.2. The molecular formula is C17H20N2O3S. The second kappa shape index (κ2) is 7.10. The van der Waals surface area contributed by atoms with Crippen LogP contribution in [-0.4, -0.2) is 41.1 Å². The number of amides is 1. The van der Waals surface area contributed by atoms with Crippen LogP contribution in [-0.2, 0) is 11.3 Å². The first-order chi connectivity index (χ1) is 11.1. The molecule has 1 aromatic carbocycles. The van der Waals surface area contributed by atoms with Crippen LogP contribution in [0.1, 0.15) is 29.9 Å². The lowest BCUT2D eigenvalue weighted by Gasteiger charge is -2.36. The Kier molecular flexibility index (Phi) is 4.93. The quantitative estimate of drug-likeness (QED) is 0.864. The molecule has 5 nitrogen and oxygen atoms in total. The summed E-state index contributed by atoms with van der Waals surface area (Å²) in [4.78, 5) is 18.8. The van der Waals surface area contributed by atoms with E-state index < -0.39 is 0 Å². The molecular weight excluding hydrogens is 312 g/mol. The molecule has 1 aromatic heterocycles. The summed E-state index contributed by atoms with van der Waals surface area (Å²) in [5.41, 5.74) is 3.31. The number of benzene rings is 1. The fourth-order valence-electron chi connectivity index (χ4n) is 2.54. The zero-order valence-corrected chi connectivity index (χ0v) is 14.1. The molecule has 0 bridgehead atoms. The summed E-state index contributed by atoms with van der Waals surface area (Å²) < 4.78 is 11.3. The van der Waals surface area contributed by atoms with Gasteiger partial charge in [-0.25, -0.2) is 4.98 Å². The monoisotopic (exact) mass is 332 g/mol. The second-order valence-electron chi connectivity index (χ2n) is 5.75. The Hall–Kier alpha value is -1.92. The van der Waals surface area contributed by atoms with Crippen molar-refractivity contribution in [2.75, 3.05) is 13.2 Å². The number of hydrogen-bond acceptors (Lipinski definition) is 5. The molecule has 1 aliphatic rings. The predicted octanol–water partition coefficient (Wildman–Crippen LogP) is 2.97. The van der Waals surface area contributed by atoms with Crippen LogP contribution in [0.15, 0.2) is 35.2 Å². The Morgan fingerprint density at radius 2 is 2.35 bits per heavy atom. The number of morpholine rings is 1. The van der Waals surface area contributed by atoms with Crippen LogP contribution in [0.2, 0.25) is 0 Å². The number of aromatic nitrogens is 1. The van der Waals surface area contributed by atoms with Gasteiger partial charge >= 0.3 is 0 Å². The van der Waals surface area contributed by atoms with Gasteiger partial charge in [-0.1, -0.05) is 6.07 Å². The van der Waals surface area contributed by atoms with Crippen LogP contribution in [0.25, 0.3) is 0 Å². The highest BCUT2D eigenvalue weighted by Gasteiger charge is 2.28. The van der Waals surface area contributed by atoms with Gasteiger partial charge in [-0.3, -0.25) is 4.79 Å². The first-order valence-electron chi connectivity index (χ1n) is 7.66. The third-order valence-corrected chi connectivity index (χ3v) is 4.46. The van der Waals surface area contributed by atoms with Crippen molar-refractivity contribution >= 4 is 17.2 Å². The van der Waals surface area contributed by atoms with Gasteiger partial charge in [0.15, 0.2) is 0 Å². The lowest BCUT2D eigenvalue weighted by Crippen LogP contribution is -2.50. The lowest BCUT2D eigenvalue weighted by atomic mass is 10.1. The van der Waals surface area contributed by atoms with Crippen molar-refractivity contribution in [3.8, 4) is 5.75 Å².